The number of carbonyl (C=O) groups excluding carboxylic acids is 1. The van der Waals surface area contributed by atoms with Crippen LogP contribution in [-0.2, 0) is 21.2 Å². The van der Waals surface area contributed by atoms with Gasteiger partial charge in [-0.25, -0.2) is 13.4 Å². The number of aromatic nitrogens is 3. The smallest absolute Gasteiger partial charge is 0.228 e. The molecule has 0 fully saturated rings. The lowest BCUT2D eigenvalue weighted by atomic mass is 10.3. The molecular formula is C24H26N4O5S2. The molecule has 4 aromatic rings. The Labute approximate surface area is 207 Å². The van der Waals surface area contributed by atoms with Crippen LogP contribution in [0.4, 0.5) is 5.13 Å². The number of methoxy groups -OCH3 is 2. The highest BCUT2D eigenvalue weighted by Gasteiger charge is 2.22. The van der Waals surface area contributed by atoms with Gasteiger partial charge < -0.3 is 9.47 Å². The number of hydrogen-bond acceptors (Lipinski definition) is 8. The minimum Gasteiger partial charge on any atom is -0.497 e. The predicted molar refractivity (Wildman–Crippen MR) is 135 cm³/mol. The van der Waals surface area contributed by atoms with Gasteiger partial charge in [0.2, 0.25) is 5.91 Å². The molecule has 0 N–H and O–H groups in total. The van der Waals surface area contributed by atoms with E-state index in [2.05, 4.69) is 10.1 Å². The Bertz CT molecular complexity index is 1380. The SMILES string of the molecule is COc1ccc(S(=O)(=O)CCCC(=O)N(CCn2cccn2)c2nc3ccc(OC)cc3s2)cc1. The van der Waals surface area contributed by atoms with Gasteiger partial charge in [-0.05, 0) is 55.0 Å². The summed E-state index contributed by atoms with van der Waals surface area (Å²) in [6.45, 7) is 0.852. The maximum atomic E-state index is 13.2. The number of amides is 1. The van der Waals surface area contributed by atoms with E-state index in [1.54, 1.807) is 35.0 Å². The zero-order valence-electron chi connectivity index (χ0n) is 19.5. The topological polar surface area (TPSA) is 104 Å². The van der Waals surface area contributed by atoms with Gasteiger partial charge in [-0.1, -0.05) is 11.3 Å². The van der Waals surface area contributed by atoms with Crippen LogP contribution in [0, 0.1) is 0 Å². The van der Waals surface area contributed by atoms with E-state index in [0.29, 0.717) is 29.7 Å². The van der Waals surface area contributed by atoms with E-state index in [9.17, 15) is 13.2 Å². The van der Waals surface area contributed by atoms with Gasteiger partial charge in [-0.2, -0.15) is 5.10 Å². The summed E-state index contributed by atoms with van der Waals surface area (Å²) in [7, 11) is -0.391. The molecule has 11 heteroatoms. The Morgan fingerprint density at radius 3 is 2.51 bits per heavy atom. The monoisotopic (exact) mass is 514 g/mol. The maximum Gasteiger partial charge on any atom is 0.228 e. The van der Waals surface area contributed by atoms with Crippen LogP contribution in [0.5, 0.6) is 11.5 Å². The lowest BCUT2D eigenvalue weighted by Gasteiger charge is -2.20. The van der Waals surface area contributed by atoms with E-state index in [0.717, 1.165) is 10.2 Å². The van der Waals surface area contributed by atoms with Gasteiger partial charge in [0.1, 0.15) is 11.5 Å². The van der Waals surface area contributed by atoms with Gasteiger partial charge in [0.15, 0.2) is 15.0 Å². The summed E-state index contributed by atoms with van der Waals surface area (Å²) in [5.41, 5.74) is 0.768. The highest BCUT2D eigenvalue weighted by Crippen LogP contribution is 2.32. The second-order valence-electron chi connectivity index (χ2n) is 7.74. The van der Waals surface area contributed by atoms with Crippen LogP contribution in [0.2, 0.25) is 0 Å². The first-order valence-corrected chi connectivity index (χ1v) is 13.5. The summed E-state index contributed by atoms with van der Waals surface area (Å²) in [5, 5.41) is 4.76. The minimum atomic E-state index is -3.51. The van der Waals surface area contributed by atoms with Crippen molar-refractivity contribution in [2.45, 2.75) is 24.3 Å². The van der Waals surface area contributed by atoms with Gasteiger partial charge in [-0.3, -0.25) is 14.4 Å². The summed E-state index contributed by atoms with van der Waals surface area (Å²) < 4.78 is 38.4. The van der Waals surface area contributed by atoms with Crippen molar-refractivity contribution in [2.24, 2.45) is 0 Å². The lowest BCUT2D eigenvalue weighted by Crippen LogP contribution is -2.34. The van der Waals surface area contributed by atoms with Gasteiger partial charge in [-0.15, -0.1) is 0 Å². The number of hydrogen-bond donors (Lipinski definition) is 0. The summed E-state index contributed by atoms with van der Waals surface area (Å²) in [6.07, 6.45) is 3.78. The van der Waals surface area contributed by atoms with E-state index >= 15 is 0 Å². The number of nitrogens with zero attached hydrogens (tertiary/aromatic N) is 4. The molecule has 0 saturated carbocycles. The molecule has 184 valence electrons. The Morgan fingerprint density at radius 2 is 1.83 bits per heavy atom. The second kappa shape index (κ2) is 10.9. The van der Waals surface area contributed by atoms with Crippen LogP contribution in [-0.4, -0.2) is 55.6 Å². The van der Waals surface area contributed by atoms with Crippen molar-refractivity contribution in [3.8, 4) is 11.5 Å². The van der Waals surface area contributed by atoms with Crippen molar-refractivity contribution in [3.05, 3.63) is 60.9 Å². The highest BCUT2D eigenvalue weighted by atomic mass is 32.2. The fourth-order valence-corrected chi connectivity index (χ4v) is 5.89. The number of anilines is 1. The molecule has 9 nitrogen and oxygen atoms in total. The van der Waals surface area contributed by atoms with Gasteiger partial charge in [0, 0.05) is 25.4 Å². The van der Waals surface area contributed by atoms with E-state index in [-0.39, 0.29) is 29.4 Å². The fourth-order valence-electron chi connectivity index (χ4n) is 3.55. The molecule has 0 unspecified atom stereocenters. The first kappa shape index (κ1) is 24.7. The largest absolute Gasteiger partial charge is 0.497 e. The van der Waals surface area contributed by atoms with E-state index in [1.165, 1.54) is 30.6 Å². The maximum absolute atomic E-state index is 13.2. The average Bonchev–Trinajstić information content (AvgIpc) is 3.53. The van der Waals surface area contributed by atoms with Crippen molar-refractivity contribution in [1.82, 2.24) is 14.8 Å². The third kappa shape index (κ3) is 5.98. The summed E-state index contributed by atoms with van der Waals surface area (Å²) >= 11 is 1.39. The molecule has 0 aliphatic carbocycles. The van der Waals surface area contributed by atoms with Gasteiger partial charge in [0.05, 0.1) is 41.6 Å². The normalized spacial score (nSPS) is 11.5. The van der Waals surface area contributed by atoms with Crippen LogP contribution in [0.15, 0.2) is 65.8 Å². The second-order valence-corrected chi connectivity index (χ2v) is 10.9. The third-order valence-corrected chi connectivity index (χ3v) is 8.31. The number of ether oxygens (including phenoxy) is 2. The van der Waals surface area contributed by atoms with Crippen molar-refractivity contribution >= 4 is 42.4 Å². The summed E-state index contributed by atoms with van der Waals surface area (Å²) in [5.74, 6) is 0.981. The molecule has 0 spiro atoms. The van der Waals surface area contributed by atoms with Crippen molar-refractivity contribution in [2.75, 3.05) is 31.4 Å². The summed E-state index contributed by atoms with van der Waals surface area (Å²) in [4.78, 5) is 19.7. The molecule has 2 heterocycles. The molecular weight excluding hydrogens is 488 g/mol. The molecule has 0 atom stereocenters. The Kier molecular flexibility index (Phi) is 7.67. The number of thiazole rings is 1. The van der Waals surface area contributed by atoms with E-state index in [1.807, 2.05) is 30.5 Å². The van der Waals surface area contributed by atoms with E-state index < -0.39 is 9.84 Å². The Hall–Kier alpha value is -3.44. The van der Waals surface area contributed by atoms with Crippen LogP contribution in [0.1, 0.15) is 12.8 Å². The number of benzene rings is 2. The molecule has 0 radical (unpaired) electrons. The molecule has 35 heavy (non-hydrogen) atoms. The molecule has 0 saturated heterocycles. The molecule has 4 rings (SSSR count). The predicted octanol–water partition coefficient (Wildman–Crippen LogP) is 3.80. The van der Waals surface area contributed by atoms with Crippen LogP contribution in [0.3, 0.4) is 0 Å². The average molecular weight is 515 g/mol. The first-order chi connectivity index (χ1) is 16.9. The van der Waals surface area contributed by atoms with Gasteiger partial charge >= 0.3 is 0 Å². The zero-order chi connectivity index (χ0) is 24.8. The Morgan fingerprint density at radius 1 is 1.09 bits per heavy atom. The van der Waals surface area contributed by atoms with Crippen LogP contribution >= 0.6 is 11.3 Å². The fraction of sp³-hybridized carbons (Fsp3) is 0.292. The molecule has 0 aliphatic rings. The number of sulfone groups is 1. The third-order valence-electron chi connectivity index (χ3n) is 5.45. The number of carbonyl (C=O) groups is 1. The number of rotatable bonds is 11. The summed E-state index contributed by atoms with van der Waals surface area (Å²) in [6, 6.07) is 13.6. The molecule has 0 aliphatic heterocycles. The standard InChI is InChI=1S/C24H26N4O5S2/c1-32-18-6-9-20(10-7-18)35(30,31)16-3-5-23(29)28(15-14-27-13-4-12-25-27)24-26-21-11-8-19(33-2)17-22(21)34-24/h4,6-13,17H,3,5,14-16H2,1-2H3. The van der Waals surface area contributed by atoms with Crippen molar-refractivity contribution in [1.29, 1.82) is 0 Å². The first-order valence-electron chi connectivity index (χ1n) is 11.0. The molecule has 2 aromatic heterocycles. The number of fused-ring (bicyclic) bond motifs is 1. The van der Waals surface area contributed by atoms with Crippen LogP contribution < -0.4 is 14.4 Å². The van der Waals surface area contributed by atoms with Crippen molar-refractivity contribution < 1.29 is 22.7 Å². The van der Waals surface area contributed by atoms with Gasteiger partial charge in [0.25, 0.3) is 0 Å². The van der Waals surface area contributed by atoms with Crippen molar-refractivity contribution in [3.63, 3.8) is 0 Å². The Balaban J connectivity index is 1.47. The lowest BCUT2D eigenvalue weighted by molar-refractivity contribution is -0.118. The zero-order valence-corrected chi connectivity index (χ0v) is 21.1. The highest BCUT2D eigenvalue weighted by molar-refractivity contribution is 7.91. The van der Waals surface area contributed by atoms with Crippen LogP contribution in [0.25, 0.3) is 10.2 Å². The van der Waals surface area contributed by atoms with E-state index in [4.69, 9.17) is 9.47 Å². The minimum absolute atomic E-state index is 0.0771. The molecule has 0 bridgehead atoms. The molecule has 2 aromatic carbocycles. The molecule has 1 amide bonds. The quantitative estimate of drug-likeness (QED) is 0.300.